The smallest absolute Gasteiger partial charge is 0.180 e. The molecule has 0 spiro atoms. The number of halogens is 2. The van der Waals surface area contributed by atoms with Gasteiger partial charge in [0.25, 0.3) is 0 Å². The van der Waals surface area contributed by atoms with Crippen LogP contribution in [0.2, 0.25) is 5.02 Å². The Kier molecular flexibility index (Phi) is 8.81. The number of benzene rings is 2. The standard InChI is InChI=1S/C39H41ClFN5O2/c1-21-7-4-5-9-32(33(47)17-21)44-39-37-26(8-6-10-34(45-39)46-16-15-22(2)23(46)3)38(40)36(28-19-48-20-29(28)37)25-11-13-30(41)24-12-14-31(43)27(18-42)35(24)25/h6,11,13,17,22-23,32H,4-5,7-9,12,14-16,19-20,43H2,1-3H3,(H,44,45)/b21-17+/t10?,22-,23-,32+/m0/s1. The van der Waals surface area contributed by atoms with Crippen LogP contribution in [0.1, 0.15) is 92.7 Å². The molecule has 7 rings (SSSR count). The number of likely N-dealkylation sites (tertiary alicyclic amines) is 1. The summed E-state index contributed by atoms with van der Waals surface area (Å²) in [6.45, 7) is 8.03. The minimum atomic E-state index is -0.540. The summed E-state index contributed by atoms with van der Waals surface area (Å²) in [7, 11) is 0. The van der Waals surface area contributed by atoms with Gasteiger partial charge in [0.15, 0.2) is 11.6 Å². The van der Waals surface area contributed by atoms with Crippen LogP contribution >= 0.6 is 11.6 Å². The highest BCUT2D eigenvalue weighted by Gasteiger charge is 2.35. The fraction of sp³-hybridized carbons (Fsp3) is 0.436. The number of allylic oxidation sites excluding steroid dienone is 4. The first kappa shape index (κ1) is 32.4. The second-order valence-corrected chi connectivity index (χ2v) is 14.2. The molecule has 3 heterocycles. The Bertz CT molecular complexity index is 1930. The molecule has 3 aliphatic heterocycles. The van der Waals surface area contributed by atoms with Gasteiger partial charge in [0.2, 0.25) is 0 Å². The van der Waals surface area contributed by atoms with Gasteiger partial charge in [-0.15, -0.1) is 0 Å². The van der Waals surface area contributed by atoms with Crippen LogP contribution in [0.15, 0.2) is 52.1 Å². The summed E-state index contributed by atoms with van der Waals surface area (Å²) in [4.78, 5) is 21.1. The third-order valence-electron chi connectivity index (χ3n) is 10.8. The Morgan fingerprint density at radius 2 is 1.88 bits per heavy atom. The van der Waals surface area contributed by atoms with Gasteiger partial charge >= 0.3 is 0 Å². The van der Waals surface area contributed by atoms with Gasteiger partial charge in [-0.1, -0.05) is 42.3 Å². The third kappa shape index (κ3) is 5.58. The molecule has 3 atom stereocenters. The third-order valence-corrected chi connectivity index (χ3v) is 11.3. The van der Waals surface area contributed by atoms with Gasteiger partial charge in [0.05, 0.1) is 23.8 Å². The number of aliphatic imine (C=N–C) groups is 1. The first-order chi connectivity index (χ1) is 23.2. The predicted octanol–water partition coefficient (Wildman–Crippen LogP) is 7.39. The SMILES string of the molecule is C/C1=C\C(=O)[C@H](N=C2NC(N3CC[C@H](C)[C@@H]3C)=C=CCc3c(Cl)c(-c4ccc(F)c5c4C(C#N)=C(N)CC5)c4c(c32)COC4)CCCC1. The number of carbonyl (C=O) groups is 1. The zero-order valence-corrected chi connectivity index (χ0v) is 28.6. The summed E-state index contributed by atoms with van der Waals surface area (Å²) < 4.78 is 21.4. The van der Waals surface area contributed by atoms with E-state index in [0.29, 0.717) is 84.1 Å². The van der Waals surface area contributed by atoms with E-state index in [0.717, 1.165) is 71.4 Å². The first-order valence-electron chi connectivity index (χ1n) is 17.1. The molecule has 9 heteroatoms. The van der Waals surface area contributed by atoms with Crippen LogP contribution in [0.4, 0.5) is 4.39 Å². The lowest BCUT2D eigenvalue weighted by atomic mass is 9.80. The summed E-state index contributed by atoms with van der Waals surface area (Å²) in [5, 5.41) is 14.3. The van der Waals surface area contributed by atoms with Crippen molar-refractivity contribution < 1.29 is 13.9 Å². The Morgan fingerprint density at radius 1 is 1.08 bits per heavy atom. The Morgan fingerprint density at radius 3 is 2.62 bits per heavy atom. The maximum atomic E-state index is 15.2. The molecule has 0 unspecified atom stereocenters. The van der Waals surface area contributed by atoms with Crippen LogP contribution in [-0.2, 0) is 35.6 Å². The fourth-order valence-electron chi connectivity index (χ4n) is 7.94. The van der Waals surface area contributed by atoms with Crippen molar-refractivity contribution in [2.24, 2.45) is 16.6 Å². The average Bonchev–Trinajstić information content (AvgIpc) is 3.66. The van der Waals surface area contributed by atoms with E-state index in [1.165, 1.54) is 6.07 Å². The number of carbonyl (C=O) groups excluding carboxylic acids is 1. The Balaban J connectivity index is 1.47. The van der Waals surface area contributed by atoms with Crippen molar-refractivity contribution in [3.05, 3.63) is 91.3 Å². The molecule has 1 fully saturated rings. The van der Waals surface area contributed by atoms with Crippen LogP contribution in [0, 0.1) is 23.1 Å². The van der Waals surface area contributed by atoms with Crippen LogP contribution in [-0.4, -0.2) is 35.1 Å². The molecule has 48 heavy (non-hydrogen) atoms. The summed E-state index contributed by atoms with van der Waals surface area (Å²) in [5.41, 5.74) is 17.5. The minimum absolute atomic E-state index is 0.0105. The van der Waals surface area contributed by atoms with Crippen molar-refractivity contribution in [1.82, 2.24) is 10.2 Å². The number of fused-ring (bicyclic) bond motifs is 4. The summed E-state index contributed by atoms with van der Waals surface area (Å²) in [6, 6.07) is 5.18. The number of ketones is 1. The largest absolute Gasteiger partial charge is 0.401 e. The van der Waals surface area contributed by atoms with Gasteiger partial charge in [-0.3, -0.25) is 9.79 Å². The van der Waals surface area contributed by atoms with Gasteiger partial charge < -0.3 is 20.7 Å². The number of hydrogen-bond donors (Lipinski definition) is 2. The molecular formula is C39H41ClFN5O2. The van der Waals surface area contributed by atoms with Gasteiger partial charge in [0, 0.05) is 41.4 Å². The normalized spacial score (nSPS) is 25.9. The van der Waals surface area contributed by atoms with Gasteiger partial charge in [-0.05, 0) is 104 Å². The summed E-state index contributed by atoms with van der Waals surface area (Å²) in [6.07, 6.45) is 9.61. The number of ether oxygens (including phenoxy) is 1. The van der Waals surface area contributed by atoms with E-state index in [-0.39, 0.29) is 17.2 Å². The van der Waals surface area contributed by atoms with E-state index >= 15 is 4.39 Å². The lowest BCUT2D eigenvalue weighted by molar-refractivity contribution is -0.116. The highest BCUT2D eigenvalue weighted by Crippen LogP contribution is 2.47. The lowest BCUT2D eigenvalue weighted by Crippen LogP contribution is -2.40. The molecule has 2 aliphatic carbocycles. The molecule has 0 amide bonds. The summed E-state index contributed by atoms with van der Waals surface area (Å²) >= 11 is 7.49. The van der Waals surface area contributed by atoms with E-state index in [1.54, 1.807) is 12.1 Å². The minimum Gasteiger partial charge on any atom is -0.401 e. The van der Waals surface area contributed by atoms with Crippen LogP contribution in [0.5, 0.6) is 0 Å². The van der Waals surface area contributed by atoms with Crippen molar-refractivity contribution in [2.45, 2.75) is 97.4 Å². The number of amidine groups is 1. The number of nitrogens with zero attached hydrogens (tertiary/aromatic N) is 3. The Labute approximate surface area is 286 Å². The van der Waals surface area contributed by atoms with E-state index in [1.807, 2.05) is 13.0 Å². The van der Waals surface area contributed by atoms with Crippen molar-refractivity contribution >= 4 is 28.8 Å². The quantitative estimate of drug-likeness (QED) is 0.332. The number of rotatable bonds is 3. The molecule has 0 radical (unpaired) electrons. The predicted molar refractivity (Wildman–Crippen MR) is 186 cm³/mol. The molecular weight excluding hydrogens is 625 g/mol. The molecule has 248 valence electrons. The number of hydrogen-bond acceptors (Lipinski definition) is 6. The van der Waals surface area contributed by atoms with Crippen molar-refractivity contribution in [3.63, 3.8) is 0 Å². The number of nitrogens with one attached hydrogen (secondary N) is 1. The highest BCUT2D eigenvalue weighted by atomic mass is 35.5. The molecule has 2 aromatic rings. The van der Waals surface area contributed by atoms with E-state index in [9.17, 15) is 10.1 Å². The maximum Gasteiger partial charge on any atom is 0.180 e. The van der Waals surface area contributed by atoms with Crippen molar-refractivity contribution in [3.8, 4) is 17.2 Å². The molecule has 0 aromatic heterocycles. The van der Waals surface area contributed by atoms with E-state index < -0.39 is 6.04 Å². The number of nitrogens with two attached hydrogens (primary N) is 1. The second-order valence-electron chi connectivity index (χ2n) is 13.8. The van der Waals surface area contributed by atoms with Crippen LogP contribution in [0.25, 0.3) is 16.7 Å². The maximum absolute atomic E-state index is 15.2. The monoisotopic (exact) mass is 665 g/mol. The first-order valence-corrected chi connectivity index (χ1v) is 17.5. The fourth-order valence-corrected chi connectivity index (χ4v) is 8.33. The van der Waals surface area contributed by atoms with E-state index in [4.69, 9.17) is 27.1 Å². The van der Waals surface area contributed by atoms with Gasteiger partial charge in [0.1, 0.15) is 23.8 Å². The topological polar surface area (TPSA) is 104 Å². The number of nitriles is 1. The highest BCUT2D eigenvalue weighted by molar-refractivity contribution is 6.35. The lowest BCUT2D eigenvalue weighted by Gasteiger charge is -2.31. The van der Waals surface area contributed by atoms with Crippen LogP contribution in [0.3, 0.4) is 0 Å². The van der Waals surface area contributed by atoms with Gasteiger partial charge in [-0.25, -0.2) is 4.39 Å². The molecule has 0 bridgehead atoms. The zero-order valence-electron chi connectivity index (χ0n) is 27.8. The van der Waals surface area contributed by atoms with E-state index in [2.05, 4.69) is 35.9 Å². The van der Waals surface area contributed by atoms with Crippen molar-refractivity contribution in [1.29, 1.82) is 5.26 Å². The molecule has 3 N–H and O–H groups in total. The van der Waals surface area contributed by atoms with Crippen LogP contribution < -0.4 is 11.1 Å². The van der Waals surface area contributed by atoms with Crippen molar-refractivity contribution in [2.75, 3.05) is 6.54 Å². The molecule has 5 aliphatic rings. The molecule has 7 nitrogen and oxygen atoms in total. The molecule has 2 aromatic carbocycles. The Hall–Kier alpha value is -4.15. The zero-order chi connectivity index (χ0) is 33.7. The molecule has 0 saturated carbocycles. The average molecular weight is 666 g/mol. The summed E-state index contributed by atoms with van der Waals surface area (Å²) in [5.74, 6) is 1.60. The second kappa shape index (κ2) is 13.0. The molecule has 1 saturated heterocycles. The van der Waals surface area contributed by atoms with Gasteiger partial charge in [-0.2, -0.15) is 5.26 Å².